The van der Waals surface area contributed by atoms with E-state index in [9.17, 15) is 13.2 Å². The van der Waals surface area contributed by atoms with Crippen LogP contribution in [0.1, 0.15) is 12.0 Å². The zero-order valence-electron chi connectivity index (χ0n) is 10.8. The molecule has 2 N–H and O–H groups in total. The lowest BCUT2D eigenvalue weighted by molar-refractivity contribution is -0.121. The highest BCUT2D eigenvalue weighted by atomic mass is 79.9. The number of carbonyl (C=O) groups excluding carboxylic acids is 1. The van der Waals surface area contributed by atoms with Gasteiger partial charge in [0.25, 0.3) is 0 Å². The van der Waals surface area contributed by atoms with Crippen molar-refractivity contribution in [3.63, 3.8) is 0 Å². The summed E-state index contributed by atoms with van der Waals surface area (Å²) in [5.41, 5.74) is 6.18. The third kappa shape index (κ3) is 2.93. The van der Waals surface area contributed by atoms with Gasteiger partial charge in [-0.3, -0.25) is 4.79 Å². The average Bonchev–Trinajstić information content (AvgIpc) is 2.83. The average molecular weight is 426 g/mol. The number of halogens is 2. The van der Waals surface area contributed by atoms with Crippen LogP contribution < -0.4 is 5.73 Å². The fourth-order valence-electron chi connectivity index (χ4n) is 2.14. The van der Waals surface area contributed by atoms with E-state index in [1.807, 2.05) is 6.92 Å². The maximum absolute atomic E-state index is 12.6. The van der Waals surface area contributed by atoms with Crippen molar-refractivity contribution in [3.8, 4) is 0 Å². The number of nitrogens with two attached hydrogens (primary N) is 1. The number of benzene rings is 1. The van der Waals surface area contributed by atoms with Crippen molar-refractivity contribution in [1.82, 2.24) is 4.31 Å². The highest BCUT2D eigenvalue weighted by Crippen LogP contribution is 2.32. The first kappa shape index (κ1) is 15.9. The zero-order valence-corrected chi connectivity index (χ0v) is 14.8. The van der Waals surface area contributed by atoms with Crippen molar-refractivity contribution in [3.05, 3.63) is 26.6 Å². The lowest BCUT2D eigenvalue weighted by atomic mass is 10.1. The van der Waals surface area contributed by atoms with Gasteiger partial charge in [0, 0.05) is 22.0 Å². The van der Waals surface area contributed by atoms with E-state index in [4.69, 9.17) is 5.73 Å². The quantitative estimate of drug-likeness (QED) is 0.804. The molecule has 0 radical (unpaired) electrons. The molecule has 0 aromatic heterocycles. The number of amides is 1. The van der Waals surface area contributed by atoms with Crippen molar-refractivity contribution >= 4 is 47.8 Å². The van der Waals surface area contributed by atoms with Gasteiger partial charge in [0.1, 0.15) is 0 Å². The molecular formula is C12H14Br2N2O3S. The molecule has 1 aliphatic heterocycles. The predicted octanol–water partition coefficient (Wildman–Crippen LogP) is 2.02. The van der Waals surface area contributed by atoms with Gasteiger partial charge < -0.3 is 5.73 Å². The van der Waals surface area contributed by atoms with E-state index in [0.717, 1.165) is 10.0 Å². The molecule has 8 heteroatoms. The highest BCUT2D eigenvalue weighted by Gasteiger charge is 2.36. The van der Waals surface area contributed by atoms with E-state index in [1.165, 1.54) is 4.31 Å². The van der Waals surface area contributed by atoms with Crippen LogP contribution in [-0.4, -0.2) is 31.7 Å². The Kier molecular flexibility index (Phi) is 4.58. The summed E-state index contributed by atoms with van der Waals surface area (Å²) < 4.78 is 27.8. The molecule has 0 spiro atoms. The summed E-state index contributed by atoms with van der Waals surface area (Å²) in [4.78, 5) is 11.4. The lowest BCUT2D eigenvalue weighted by Gasteiger charge is -2.18. The Morgan fingerprint density at radius 1 is 1.35 bits per heavy atom. The summed E-state index contributed by atoms with van der Waals surface area (Å²) in [6, 6.07) is 3.32. The number of carbonyl (C=O) groups is 1. The summed E-state index contributed by atoms with van der Waals surface area (Å²) >= 11 is 6.63. The molecule has 1 aliphatic rings. The molecule has 1 unspecified atom stereocenters. The molecule has 5 nitrogen and oxygen atoms in total. The van der Waals surface area contributed by atoms with Crippen LogP contribution in [0.4, 0.5) is 0 Å². The van der Waals surface area contributed by atoms with Crippen molar-refractivity contribution < 1.29 is 13.2 Å². The van der Waals surface area contributed by atoms with E-state index >= 15 is 0 Å². The van der Waals surface area contributed by atoms with Crippen LogP contribution in [0.2, 0.25) is 0 Å². The van der Waals surface area contributed by atoms with Gasteiger partial charge >= 0.3 is 0 Å². The molecule has 1 atom stereocenters. The molecule has 1 aromatic carbocycles. The van der Waals surface area contributed by atoms with Crippen LogP contribution in [0.5, 0.6) is 0 Å². The number of primary amides is 1. The number of sulfonamides is 1. The second-order valence-corrected chi connectivity index (χ2v) is 8.40. The molecule has 0 saturated carbocycles. The topological polar surface area (TPSA) is 80.5 Å². The van der Waals surface area contributed by atoms with Gasteiger partial charge in [-0.2, -0.15) is 4.31 Å². The van der Waals surface area contributed by atoms with Gasteiger partial charge in [-0.15, -0.1) is 0 Å². The molecule has 110 valence electrons. The van der Waals surface area contributed by atoms with Crippen LogP contribution in [0.3, 0.4) is 0 Å². The molecule has 1 heterocycles. The first-order valence-electron chi connectivity index (χ1n) is 5.98. The Bertz CT molecular complexity index is 661. The molecule has 1 fully saturated rings. The Morgan fingerprint density at radius 2 is 2.00 bits per heavy atom. The number of rotatable bonds is 3. The van der Waals surface area contributed by atoms with Crippen LogP contribution in [0.25, 0.3) is 0 Å². The van der Waals surface area contributed by atoms with Crippen molar-refractivity contribution in [2.45, 2.75) is 18.2 Å². The Labute approximate surface area is 134 Å². The van der Waals surface area contributed by atoms with E-state index < -0.39 is 21.8 Å². The van der Waals surface area contributed by atoms with Crippen LogP contribution in [0.15, 0.2) is 26.0 Å². The minimum atomic E-state index is -3.63. The van der Waals surface area contributed by atoms with E-state index in [1.54, 1.807) is 12.1 Å². The molecular weight excluding hydrogens is 412 g/mol. The normalized spacial score (nSPS) is 20.2. The number of hydrogen-bond acceptors (Lipinski definition) is 3. The largest absolute Gasteiger partial charge is 0.369 e. The summed E-state index contributed by atoms with van der Waals surface area (Å²) in [5, 5.41) is 0. The second kappa shape index (κ2) is 5.75. The predicted molar refractivity (Wildman–Crippen MR) is 82.6 cm³/mol. The van der Waals surface area contributed by atoms with Crippen molar-refractivity contribution in [1.29, 1.82) is 0 Å². The highest BCUT2D eigenvalue weighted by molar-refractivity contribution is 9.11. The Morgan fingerprint density at radius 3 is 2.55 bits per heavy atom. The SMILES string of the molecule is Cc1cc(Br)c(S(=O)(=O)N2CCC(C(N)=O)C2)cc1Br. The van der Waals surface area contributed by atoms with E-state index in [2.05, 4.69) is 31.9 Å². The standard InChI is InChI=1S/C12H14Br2N2O3S/c1-7-4-10(14)11(5-9(7)13)20(18,19)16-3-2-8(6-16)12(15)17/h4-5,8H,2-3,6H2,1H3,(H2,15,17). The van der Waals surface area contributed by atoms with E-state index in [-0.39, 0.29) is 11.4 Å². The Balaban J connectivity index is 2.37. The molecule has 1 amide bonds. The fraction of sp³-hybridized carbons (Fsp3) is 0.417. The summed E-state index contributed by atoms with van der Waals surface area (Å²) in [5.74, 6) is -0.857. The maximum atomic E-state index is 12.6. The number of aryl methyl sites for hydroxylation is 1. The van der Waals surface area contributed by atoms with Gasteiger partial charge in [-0.25, -0.2) is 8.42 Å². The van der Waals surface area contributed by atoms with Gasteiger partial charge in [0.15, 0.2) is 0 Å². The van der Waals surface area contributed by atoms with Gasteiger partial charge in [0.05, 0.1) is 10.8 Å². The molecule has 20 heavy (non-hydrogen) atoms. The first-order chi connectivity index (χ1) is 9.23. The number of hydrogen-bond donors (Lipinski definition) is 1. The smallest absolute Gasteiger partial charge is 0.244 e. The molecule has 0 aliphatic carbocycles. The van der Waals surface area contributed by atoms with Crippen LogP contribution >= 0.6 is 31.9 Å². The fourth-order valence-corrected chi connectivity index (χ4v) is 5.28. The Hall–Kier alpha value is -0.440. The minimum absolute atomic E-state index is 0.148. The summed E-state index contributed by atoms with van der Waals surface area (Å²) in [6.45, 7) is 2.34. The minimum Gasteiger partial charge on any atom is -0.369 e. The number of nitrogens with zero attached hydrogens (tertiary/aromatic N) is 1. The van der Waals surface area contributed by atoms with Gasteiger partial charge in [-0.1, -0.05) is 15.9 Å². The van der Waals surface area contributed by atoms with Crippen molar-refractivity contribution in [2.24, 2.45) is 11.7 Å². The van der Waals surface area contributed by atoms with E-state index in [0.29, 0.717) is 17.4 Å². The maximum Gasteiger partial charge on any atom is 0.244 e. The van der Waals surface area contributed by atoms with Crippen LogP contribution in [0, 0.1) is 12.8 Å². The third-order valence-corrected chi connectivity index (χ3v) is 7.06. The molecule has 0 bridgehead atoms. The first-order valence-corrected chi connectivity index (χ1v) is 9.01. The molecule has 1 aromatic rings. The third-order valence-electron chi connectivity index (χ3n) is 3.38. The monoisotopic (exact) mass is 424 g/mol. The summed E-state index contributed by atoms with van der Waals surface area (Å²) in [6.07, 6.45) is 0.471. The molecule has 1 saturated heterocycles. The lowest BCUT2D eigenvalue weighted by Crippen LogP contribution is -2.32. The zero-order chi connectivity index (χ0) is 15.1. The van der Waals surface area contributed by atoms with Gasteiger partial charge in [0.2, 0.25) is 15.9 Å². The van der Waals surface area contributed by atoms with Crippen LogP contribution in [-0.2, 0) is 14.8 Å². The second-order valence-electron chi connectivity index (χ2n) is 4.78. The van der Waals surface area contributed by atoms with Gasteiger partial charge in [-0.05, 0) is 47.0 Å². The summed E-state index contributed by atoms with van der Waals surface area (Å²) in [7, 11) is -3.63. The van der Waals surface area contributed by atoms with Crippen molar-refractivity contribution in [2.75, 3.05) is 13.1 Å². The molecule has 2 rings (SSSR count).